The molecule has 0 aliphatic carbocycles. The maximum atomic E-state index is 11.0. The van der Waals surface area contributed by atoms with Crippen LogP contribution in [-0.4, -0.2) is 6.08 Å². The first kappa shape index (κ1) is 8.87. The van der Waals surface area contributed by atoms with E-state index < -0.39 is 0 Å². The summed E-state index contributed by atoms with van der Waals surface area (Å²) >= 11 is 1.02. The van der Waals surface area contributed by atoms with Gasteiger partial charge in [-0.05, 0) is 11.6 Å². The quantitative estimate of drug-likeness (QED) is 0.556. The van der Waals surface area contributed by atoms with E-state index >= 15 is 0 Å². The largest absolute Gasteiger partial charge is 0.414 e. The van der Waals surface area contributed by atoms with E-state index in [1.54, 1.807) is 18.2 Å². The molecule has 0 bridgehead atoms. The lowest BCUT2D eigenvalue weighted by molar-refractivity contribution is 0.562. The van der Waals surface area contributed by atoms with Gasteiger partial charge in [-0.2, -0.15) is 0 Å². The highest BCUT2D eigenvalue weighted by atomic mass is 32.1. The van der Waals surface area contributed by atoms with Crippen LogP contribution in [0, 0.1) is 0 Å². The lowest BCUT2D eigenvalue weighted by Crippen LogP contribution is -1.80. The van der Waals surface area contributed by atoms with Crippen molar-refractivity contribution >= 4 is 27.7 Å². The second-order valence-corrected chi connectivity index (χ2v) is 3.55. The normalized spacial score (nSPS) is 10.0. The van der Waals surface area contributed by atoms with Gasteiger partial charge in [0.15, 0.2) is 0 Å². The number of aliphatic imine (C=N–C) groups is 1. The third-order valence-electron chi connectivity index (χ3n) is 1.75. The van der Waals surface area contributed by atoms with E-state index in [1.807, 2.05) is 0 Å². The van der Waals surface area contributed by atoms with Crippen molar-refractivity contribution in [3.8, 4) is 0 Å². The molecule has 0 amide bonds. The summed E-state index contributed by atoms with van der Waals surface area (Å²) in [5.74, 6) is 0. The summed E-state index contributed by atoms with van der Waals surface area (Å²) in [4.78, 5) is 24.0. The Kier molecular flexibility index (Phi) is 2.26. The zero-order valence-corrected chi connectivity index (χ0v) is 7.84. The Hall–Kier alpha value is -1.71. The summed E-state index contributed by atoms with van der Waals surface area (Å²) in [5.41, 5.74) is 1.35. The minimum absolute atomic E-state index is 0.232. The average Bonchev–Trinajstić information content (AvgIpc) is 2.55. The molecule has 0 unspecified atom stereocenters. The van der Waals surface area contributed by atoms with E-state index in [0.29, 0.717) is 5.58 Å². The average molecular weight is 207 g/mol. The number of carbonyl (C=O) groups excluding carboxylic acids is 1. The number of nitrogens with zero attached hydrogens (tertiary/aromatic N) is 1. The van der Waals surface area contributed by atoms with Gasteiger partial charge < -0.3 is 4.42 Å². The SMILES string of the molecule is O=C=NCc1cccc2oc(=O)sc12. The van der Waals surface area contributed by atoms with Gasteiger partial charge in [0, 0.05) is 0 Å². The summed E-state index contributed by atoms with van der Waals surface area (Å²) in [7, 11) is 0. The van der Waals surface area contributed by atoms with Crippen LogP contribution >= 0.6 is 11.3 Å². The van der Waals surface area contributed by atoms with Crippen LogP contribution in [-0.2, 0) is 11.3 Å². The van der Waals surface area contributed by atoms with Crippen LogP contribution in [0.25, 0.3) is 10.3 Å². The zero-order valence-electron chi connectivity index (χ0n) is 7.02. The van der Waals surface area contributed by atoms with Crippen LogP contribution < -0.4 is 4.94 Å². The summed E-state index contributed by atoms with van der Waals surface area (Å²) in [6, 6.07) is 5.27. The monoisotopic (exact) mass is 207 g/mol. The predicted molar refractivity (Wildman–Crippen MR) is 52.2 cm³/mol. The van der Waals surface area contributed by atoms with Gasteiger partial charge in [0.1, 0.15) is 5.58 Å². The molecule has 5 heteroatoms. The maximum absolute atomic E-state index is 11.0. The Morgan fingerprint density at radius 3 is 3.14 bits per heavy atom. The van der Waals surface area contributed by atoms with Crippen molar-refractivity contribution in [3.63, 3.8) is 0 Å². The predicted octanol–water partition coefficient (Wildman–Crippen LogP) is 1.69. The summed E-state index contributed by atoms with van der Waals surface area (Å²) in [6.45, 7) is 0.232. The lowest BCUT2D eigenvalue weighted by atomic mass is 10.2. The molecular formula is C9H5NO3S. The number of isocyanates is 1. The molecule has 0 atom stereocenters. The Balaban J connectivity index is 2.63. The van der Waals surface area contributed by atoms with Crippen molar-refractivity contribution in [1.82, 2.24) is 0 Å². The van der Waals surface area contributed by atoms with Crippen LogP contribution in [0.2, 0.25) is 0 Å². The van der Waals surface area contributed by atoms with E-state index in [1.165, 1.54) is 6.08 Å². The van der Waals surface area contributed by atoms with Crippen molar-refractivity contribution in [2.24, 2.45) is 4.99 Å². The van der Waals surface area contributed by atoms with Gasteiger partial charge in [0.25, 0.3) is 0 Å². The standard InChI is InChI=1S/C9H5NO3S/c11-5-10-4-6-2-1-3-7-8(6)14-9(12)13-7/h1-3H,4H2. The molecule has 1 heterocycles. The summed E-state index contributed by atoms with van der Waals surface area (Å²) in [5, 5.41) is 0. The number of hydrogen-bond acceptors (Lipinski definition) is 5. The van der Waals surface area contributed by atoms with Crippen molar-refractivity contribution in [2.75, 3.05) is 0 Å². The molecule has 0 aliphatic heterocycles. The minimum atomic E-state index is -0.345. The van der Waals surface area contributed by atoms with E-state index in [9.17, 15) is 9.59 Å². The molecule has 14 heavy (non-hydrogen) atoms. The van der Waals surface area contributed by atoms with Crippen molar-refractivity contribution in [1.29, 1.82) is 0 Å². The van der Waals surface area contributed by atoms with Gasteiger partial charge in [0.2, 0.25) is 6.08 Å². The van der Waals surface area contributed by atoms with E-state index in [0.717, 1.165) is 21.6 Å². The van der Waals surface area contributed by atoms with Crippen LogP contribution in [0.15, 0.2) is 32.4 Å². The molecule has 0 saturated heterocycles. The second kappa shape index (κ2) is 3.57. The lowest BCUT2D eigenvalue weighted by Gasteiger charge is -1.93. The van der Waals surface area contributed by atoms with Gasteiger partial charge in [-0.25, -0.2) is 14.6 Å². The van der Waals surface area contributed by atoms with E-state index in [-0.39, 0.29) is 11.5 Å². The molecule has 1 aromatic heterocycles. The Morgan fingerprint density at radius 2 is 2.36 bits per heavy atom. The molecule has 2 aromatic rings. The Morgan fingerprint density at radius 1 is 1.50 bits per heavy atom. The topological polar surface area (TPSA) is 59.6 Å². The summed E-state index contributed by atoms with van der Waals surface area (Å²) in [6.07, 6.45) is 1.46. The van der Waals surface area contributed by atoms with Gasteiger partial charge >= 0.3 is 4.94 Å². The molecule has 2 rings (SSSR count). The van der Waals surface area contributed by atoms with Gasteiger partial charge in [-0.3, -0.25) is 0 Å². The molecular weight excluding hydrogens is 202 g/mol. The summed E-state index contributed by atoms with van der Waals surface area (Å²) < 4.78 is 5.66. The highest BCUT2D eigenvalue weighted by Gasteiger charge is 2.05. The smallest absolute Gasteiger partial charge is 0.396 e. The van der Waals surface area contributed by atoms with Crippen LogP contribution in [0.3, 0.4) is 0 Å². The molecule has 0 radical (unpaired) electrons. The van der Waals surface area contributed by atoms with Crippen molar-refractivity contribution in [2.45, 2.75) is 6.54 Å². The van der Waals surface area contributed by atoms with Gasteiger partial charge in [-0.1, -0.05) is 23.5 Å². The number of hydrogen-bond donors (Lipinski definition) is 0. The first-order chi connectivity index (χ1) is 6.81. The first-order valence-electron chi connectivity index (χ1n) is 3.86. The molecule has 0 aliphatic rings. The fourth-order valence-electron chi connectivity index (χ4n) is 1.19. The zero-order chi connectivity index (χ0) is 9.97. The van der Waals surface area contributed by atoms with Crippen LogP contribution in [0.1, 0.15) is 5.56 Å². The molecule has 1 aromatic carbocycles. The van der Waals surface area contributed by atoms with Crippen LogP contribution in [0.4, 0.5) is 0 Å². The third kappa shape index (κ3) is 1.51. The third-order valence-corrected chi connectivity index (χ3v) is 2.67. The highest BCUT2D eigenvalue weighted by Crippen LogP contribution is 2.21. The first-order valence-corrected chi connectivity index (χ1v) is 4.68. The fourth-order valence-corrected chi connectivity index (χ4v) is 1.97. The highest BCUT2D eigenvalue weighted by molar-refractivity contribution is 7.16. The number of fused-ring (bicyclic) bond motifs is 1. The number of rotatable bonds is 2. The van der Waals surface area contributed by atoms with Crippen molar-refractivity contribution in [3.05, 3.63) is 33.5 Å². The molecule has 0 saturated carbocycles. The van der Waals surface area contributed by atoms with Gasteiger partial charge in [-0.15, -0.1) is 0 Å². The Bertz CT molecular complexity index is 563. The van der Waals surface area contributed by atoms with Crippen molar-refractivity contribution < 1.29 is 9.21 Å². The van der Waals surface area contributed by atoms with E-state index in [2.05, 4.69) is 4.99 Å². The molecule has 0 N–H and O–H groups in total. The molecule has 4 nitrogen and oxygen atoms in total. The number of benzene rings is 1. The van der Waals surface area contributed by atoms with Gasteiger partial charge in [0.05, 0.1) is 11.2 Å². The fraction of sp³-hybridized carbons (Fsp3) is 0.111. The Labute approximate surface area is 82.5 Å². The molecule has 0 spiro atoms. The maximum Gasteiger partial charge on any atom is 0.396 e. The minimum Gasteiger partial charge on any atom is -0.414 e. The molecule has 0 fully saturated rings. The molecule has 70 valence electrons. The second-order valence-electron chi connectivity index (χ2n) is 2.61. The van der Waals surface area contributed by atoms with E-state index in [4.69, 9.17) is 4.42 Å². The van der Waals surface area contributed by atoms with Crippen LogP contribution in [0.5, 0.6) is 0 Å².